The van der Waals surface area contributed by atoms with Gasteiger partial charge in [-0.25, -0.2) is 0 Å². The Labute approximate surface area is 136 Å². The first-order valence-corrected chi connectivity index (χ1v) is 8.95. The van der Waals surface area contributed by atoms with Crippen molar-refractivity contribution >= 4 is 11.9 Å². The Hall–Kier alpha value is -1.06. The third-order valence-corrected chi connectivity index (χ3v) is 3.20. The van der Waals surface area contributed by atoms with Crippen molar-refractivity contribution in [3.63, 3.8) is 0 Å². The van der Waals surface area contributed by atoms with Gasteiger partial charge in [-0.2, -0.15) is 0 Å². The van der Waals surface area contributed by atoms with Crippen molar-refractivity contribution < 1.29 is 19.4 Å². The number of unbranched alkanes of at least 4 members (excludes halogenated alkanes) is 7. The van der Waals surface area contributed by atoms with Gasteiger partial charge in [0.15, 0.2) is 0 Å². The molecular formula is C18H36O4. The Kier molecular flexibility index (Phi) is 21.0. The van der Waals surface area contributed by atoms with E-state index in [1.807, 2.05) is 6.92 Å². The minimum atomic E-state index is -0.670. The second-order valence-electron chi connectivity index (χ2n) is 5.59. The number of ether oxygens (including phenoxy) is 1. The topological polar surface area (TPSA) is 63.6 Å². The lowest BCUT2D eigenvalue weighted by atomic mass is 10.1. The quantitative estimate of drug-likeness (QED) is 0.368. The van der Waals surface area contributed by atoms with Crippen LogP contribution in [0.2, 0.25) is 0 Å². The van der Waals surface area contributed by atoms with Crippen LogP contribution in [0, 0.1) is 0 Å². The SMILES string of the molecule is CCCCCCC(=O)OCCC.CCCCCCCC(=O)O. The highest BCUT2D eigenvalue weighted by atomic mass is 16.5. The number of hydrogen-bond acceptors (Lipinski definition) is 3. The molecule has 22 heavy (non-hydrogen) atoms. The first kappa shape index (κ1) is 23.2. The molecule has 0 bridgehead atoms. The van der Waals surface area contributed by atoms with E-state index in [2.05, 4.69) is 13.8 Å². The molecule has 0 rings (SSSR count). The highest BCUT2D eigenvalue weighted by Crippen LogP contribution is 2.04. The van der Waals surface area contributed by atoms with Crippen molar-refractivity contribution in [2.75, 3.05) is 6.61 Å². The normalized spacial score (nSPS) is 9.77. The van der Waals surface area contributed by atoms with Crippen molar-refractivity contribution in [3.8, 4) is 0 Å². The average Bonchev–Trinajstić information content (AvgIpc) is 2.50. The smallest absolute Gasteiger partial charge is 0.305 e. The Balaban J connectivity index is 0. The van der Waals surface area contributed by atoms with E-state index < -0.39 is 5.97 Å². The van der Waals surface area contributed by atoms with Crippen LogP contribution in [0.4, 0.5) is 0 Å². The minimum absolute atomic E-state index is 0.0343. The summed E-state index contributed by atoms with van der Waals surface area (Å²) in [6.45, 7) is 6.89. The Morgan fingerprint density at radius 1 is 0.727 bits per heavy atom. The molecule has 0 aliphatic heterocycles. The van der Waals surface area contributed by atoms with Crippen LogP contribution >= 0.6 is 0 Å². The standard InChI is InChI=1S/C10H20O2.C8H16O2/c1-3-5-6-7-8-10(11)12-9-4-2;1-2-3-4-5-6-7-8(9)10/h3-9H2,1-2H3;2-7H2,1H3,(H,9,10). The van der Waals surface area contributed by atoms with Crippen LogP contribution in [0.25, 0.3) is 0 Å². The zero-order valence-electron chi connectivity index (χ0n) is 14.9. The van der Waals surface area contributed by atoms with Crippen molar-refractivity contribution in [2.24, 2.45) is 0 Å². The summed E-state index contributed by atoms with van der Waals surface area (Å²) in [5.74, 6) is -0.704. The third-order valence-electron chi connectivity index (χ3n) is 3.20. The fraction of sp³-hybridized carbons (Fsp3) is 0.889. The average molecular weight is 316 g/mol. The Morgan fingerprint density at radius 3 is 1.73 bits per heavy atom. The number of carbonyl (C=O) groups excluding carboxylic acids is 1. The van der Waals surface area contributed by atoms with E-state index >= 15 is 0 Å². The number of carboxylic acids is 1. The van der Waals surface area contributed by atoms with Gasteiger partial charge in [0.25, 0.3) is 0 Å². The molecular weight excluding hydrogens is 280 g/mol. The molecule has 1 N–H and O–H groups in total. The zero-order valence-corrected chi connectivity index (χ0v) is 14.9. The van der Waals surface area contributed by atoms with Gasteiger partial charge in [0.2, 0.25) is 0 Å². The van der Waals surface area contributed by atoms with Gasteiger partial charge in [-0.05, 0) is 19.3 Å². The number of carboxylic acid groups (broad SMARTS) is 1. The summed E-state index contributed by atoms with van der Waals surface area (Å²) in [5.41, 5.74) is 0. The van der Waals surface area contributed by atoms with E-state index in [1.165, 1.54) is 32.1 Å². The van der Waals surface area contributed by atoms with E-state index in [1.54, 1.807) is 0 Å². The zero-order chi connectivity index (χ0) is 17.1. The predicted molar refractivity (Wildman–Crippen MR) is 91.0 cm³/mol. The van der Waals surface area contributed by atoms with Crippen LogP contribution in [0.15, 0.2) is 0 Å². The lowest BCUT2D eigenvalue weighted by Gasteiger charge is -2.01. The summed E-state index contributed by atoms with van der Waals surface area (Å²) in [4.78, 5) is 21.0. The summed E-state index contributed by atoms with van der Waals surface area (Å²) in [5, 5.41) is 8.27. The highest BCUT2D eigenvalue weighted by Gasteiger charge is 2.00. The van der Waals surface area contributed by atoms with E-state index in [4.69, 9.17) is 9.84 Å². The molecule has 0 aliphatic rings. The number of carbonyl (C=O) groups is 2. The molecule has 0 spiro atoms. The largest absolute Gasteiger partial charge is 0.481 e. The van der Waals surface area contributed by atoms with E-state index in [9.17, 15) is 9.59 Å². The second-order valence-corrected chi connectivity index (χ2v) is 5.59. The minimum Gasteiger partial charge on any atom is -0.481 e. The predicted octanol–water partition coefficient (Wildman–Crippen LogP) is 5.34. The van der Waals surface area contributed by atoms with Crippen LogP contribution in [0.5, 0.6) is 0 Å². The third kappa shape index (κ3) is 24.0. The first-order valence-electron chi connectivity index (χ1n) is 8.95. The van der Waals surface area contributed by atoms with Gasteiger partial charge in [-0.15, -0.1) is 0 Å². The molecule has 132 valence electrons. The monoisotopic (exact) mass is 316 g/mol. The molecule has 0 radical (unpaired) electrons. The molecule has 0 saturated heterocycles. The van der Waals surface area contributed by atoms with Crippen molar-refractivity contribution in [2.45, 2.75) is 97.8 Å². The summed E-state index contributed by atoms with van der Waals surface area (Å²) in [6, 6.07) is 0. The highest BCUT2D eigenvalue weighted by molar-refractivity contribution is 5.69. The van der Waals surface area contributed by atoms with Crippen molar-refractivity contribution in [1.82, 2.24) is 0 Å². The summed E-state index contributed by atoms with van der Waals surface area (Å²) < 4.78 is 4.93. The van der Waals surface area contributed by atoms with Gasteiger partial charge >= 0.3 is 11.9 Å². The lowest BCUT2D eigenvalue weighted by Crippen LogP contribution is -2.04. The van der Waals surface area contributed by atoms with Crippen LogP contribution in [-0.4, -0.2) is 23.7 Å². The maximum atomic E-state index is 10.9. The number of hydrogen-bond donors (Lipinski definition) is 1. The molecule has 0 aromatic heterocycles. The number of rotatable bonds is 13. The molecule has 4 nitrogen and oxygen atoms in total. The van der Waals surface area contributed by atoms with Crippen LogP contribution in [0.1, 0.15) is 97.8 Å². The molecule has 0 aromatic carbocycles. The summed E-state index contributed by atoms with van der Waals surface area (Å²) in [7, 11) is 0. The maximum absolute atomic E-state index is 10.9. The fourth-order valence-electron chi connectivity index (χ4n) is 1.86. The molecule has 0 aliphatic carbocycles. The summed E-state index contributed by atoms with van der Waals surface area (Å²) in [6.07, 6.45) is 12.0. The van der Waals surface area contributed by atoms with E-state index in [0.717, 1.165) is 32.1 Å². The van der Waals surface area contributed by atoms with Crippen molar-refractivity contribution in [1.29, 1.82) is 0 Å². The molecule has 0 fully saturated rings. The number of aliphatic carboxylic acids is 1. The lowest BCUT2D eigenvalue weighted by molar-refractivity contribution is -0.143. The Bertz CT molecular complexity index is 251. The molecule has 0 aromatic rings. The second kappa shape index (κ2) is 19.9. The van der Waals surface area contributed by atoms with Gasteiger partial charge in [0.05, 0.1) is 6.61 Å². The summed E-state index contributed by atoms with van der Waals surface area (Å²) >= 11 is 0. The molecule has 0 atom stereocenters. The van der Waals surface area contributed by atoms with Gasteiger partial charge in [0, 0.05) is 12.8 Å². The van der Waals surface area contributed by atoms with Crippen LogP contribution in [0.3, 0.4) is 0 Å². The van der Waals surface area contributed by atoms with Gasteiger partial charge < -0.3 is 9.84 Å². The van der Waals surface area contributed by atoms with Crippen LogP contribution < -0.4 is 0 Å². The van der Waals surface area contributed by atoms with E-state index in [0.29, 0.717) is 19.4 Å². The maximum Gasteiger partial charge on any atom is 0.305 e. The molecule has 4 heteroatoms. The Morgan fingerprint density at radius 2 is 1.23 bits per heavy atom. The van der Waals surface area contributed by atoms with Gasteiger partial charge in [-0.1, -0.05) is 65.7 Å². The fourth-order valence-corrected chi connectivity index (χ4v) is 1.86. The van der Waals surface area contributed by atoms with Gasteiger partial charge in [-0.3, -0.25) is 9.59 Å². The molecule has 0 unspecified atom stereocenters. The molecule has 0 saturated carbocycles. The molecule has 0 amide bonds. The van der Waals surface area contributed by atoms with Crippen LogP contribution in [-0.2, 0) is 14.3 Å². The van der Waals surface area contributed by atoms with Crippen molar-refractivity contribution in [3.05, 3.63) is 0 Å². The van der Waals surface area contributed by atoms with Gasteiger partial charge in [0.1, 0.15) is 0 Å². The van der Waals surface area contributed by atoms with E-state index in [-0.39, 0.29) is 5.97 Å². The number of esters is 1. The molecule has 0 heterocycles. The first-order chi connectivity index (χ1) is 10.6.